The quantitative estimate of drug-likeness (QED) is 0.614. The number of carbonyl (C=O) groups excluding carboxylic acids is 1. The first-order valence-corrected chi connectivity index (χ1v) is 5.11. The summed E-state index contributed by atoms with van der Waals surface area (Å²) < 4.78 is 0. The van der Waals surface area contributed by atoms with E-state index in [0.29, 0.717) is 12.3 Å². The number of rotatable bonds is 6. The van der Waals surface area contributed by atoms with Gasteiger partial charge in [-0.15, -0.1) is 0 Å². The Morgan fingerprint density at radius 2 is 2.08 bits per heavy atom. The molecule has 3 heteroatoms. The SMILES string of the molecule is CC[C@@H](N)C(=O)NCCCC(C)C. The van der Waals surface area contributed by atoms with Gasteiger partial charge in [-0.25, -0.2) is 0 Å². The van der Waals surface area contributed by atoms with Crippen LogP contribution in [0.5, 0.6) is 0 Å². The highest BCUT2D eigenvalue weighted by Gasteiger charge is 2.08. The minimum absolute atomic E-state index is 0.0220. The fraction of sp³-hybridized carbons (Fsp3) is 0.900. The lowest BCUT2D eigenvalue weighted by Gasteiger charge is -2.10. The van der Waals surface area contributed by atoms with Gasteiger partial charge in [0.15, 0.2) is 0 Å². The van der Waals surface area contributed by atoms with Crippen LogP contribution in [0.1, 0.15) is 40.0 Å². The lowest BCUT2D eigenvalue weighted by atomic mass is 10.1. The van der Waals surface area contributed by atoms with Gasteiger partial charge in [0.25, 0.3) is 0 Å². The summed E-state index contributed by atoms with van der Waals surface area (Å²) in [6.07, 6.45) is 2.90. The summed E-state index contributed by atoms with van der Waals surface area (Å²) in [5, 5.41) is 2.82. The third-order valence-corrected chi connectivity index (χ3v) is 2.03. The molecule has 0 aromatic heterocycles. The molecular formula is C10H22N2O. The van der Waals surface area contributed by atoms with E-state index < -0.39 is 0 Å². The van der Waals surface area contributed by atoms with Crippen molar-refractivity contribution in [2.45, 2.75) is 46.1 Å². The summed E-state index contributed by atoms with van der Waals surface area (Å²) in [4.78, 5) is 11.2. The van der Waals surface area contributed by atoms with Crippen molar-refractivity contribution < 1.29 is 4.79 Å². The molecule has 13 heavy (non-hydrogen) atoms. The lowest BCUT2D eigenvalue weighted by Crippen LogP contribution is -2.40. The maximum atomic E-state index is 11.2. The number of hydrogen-bond acceptors (Lipinski definition) is 2. The van der Waals surface area contributed by atoms with Crippen molar-refractivity contribution in [3.05, 3.63) is 0 Å². The Morgan fingerprint density at radius 1 is 1.46 bits per heavy atom. The van der Waals surface area contributed by atoms with Crippen molar-refractivity contribution >= 4 is 5.91 Å². The third-order valence-electron chi connectivity index (χ3n) is 2.03. The van der Waals surface area contributed by atoms with Crippen LogP contribution in [0.25, 0.3) is 0 Å². The zero-order valence-electron chi connectivity index (χ0n) is 8.97. The van der Waals surface area contributed by atoms with Gasteiger partial charge in [-0.1, -0.05) is 20.8 Å². The molecule has 0 bridgehead atoms. The van der Waals surface area contributed by atoms with Crippen LogP contribution < -0.4 is 11.1 Å². The summed E-state index contributed by atoms with van der Waals surface area (Å²) in [5.41, 5.74) is 5.55. The van der Waals surface area contributed by atoms with Gasteiger partial charge >= 0.3 is 0 Å². The lowest BCUT2D eigenvalue weighted by molar-refractivity contribution is -0.122. The number of hydrogen-bond donors (Lipinski definition) is 2. The summed E-state index contributed by atoms with van der Waals surface area (Å²) in [7, 11) is 0. The first-order valence-electron chi connectivity index (χ1n) is 5.11. The molecule has 0 heterocycles. The molecule has 0 aliphatic rings. The van der Waals surface area contributed by atoms with Gasteiger partial charge in [0.1, 0.15) is 0 Å². The Morgan fingerprint density at radius 3 is 2.54 bits per heavy atom. The van der Waals surface area contributed by atoms with Crippen LogP contribution in [0.2, 0.25) is 0 Å². The molecule has 0 aromatic rings. The number of nitrogens with two attached hydrogens (primary N) is 1. The fourth-order valence-electron chi connectivity index (χ4n) is 1.04. The predicted molar refractivity (Wildman–Crippen MR) is 55.3 cm³/mol. The molecule has 0 unspecified atom stereocenters. The standard InChI is InChI=1S/C10H22N2O/c1-4-9(11)10(13)12-7-5-6-8(2)3/h8-9H,4-7,11H2,1-3H3,(H,12,13)/t9-/m1/s1. The van der Waals surface area contributed by atoms with Crippen molar-refractivity contribution in [3.8, 4) is 0 Å². The van der Waals surface area contributed by atoms with E-state index in [1.807, 2.05) is 6.92 Å². The van der Waals surface area contributed by atoms with Crippen LogP contribution in [-0.4, -0.2) is 18.5 Å². The highest BCUT2D eigenvalue weighted by molar-refractivity contribution is 5.81. The molecule has 0 aromatic carbocycles. The number of nitrogens with one attached hydrogen (secondary N) is 1. The smallest absolute Gasteiger partial charge is 0.236 e. The fourth-order valence-corrected chi connectivity index (χ4v) is 1.04. The van der Waals surface area contributed by atoms with Gasteiger partial charge in [-0.3, -0.25) is 4.79 Å². The van der Waals surface area contributed by atoms with E-state index in [9.17, 15) is 4.79 Å². The van der Waals surface area contributed by atoms with E-state index in [1.54, 1.807) is 0 Å². The second kappa shape index (κ2) is 6.89. The van der Waals surface area contributed by atoms with Gasteiger partial charge < -0.3 is 11.1 Å². The molecule has 0 saturated heterocycles. The number of amides is 1. The minimum atomic E-state index is -0.334. The Hall–Kier alpha value is -0.570. The summed E-state index contributed by atoms with van der Waals surface area (Å²) in [6, 6.07) is -0.334. The third kappa shape index (κ3) is 6.58. The average molecular weight is 186 g/mol. The van der Waals surface area contributed by atoms with Gasteiger partial charge in [0.2, 0.25) is 5.91 Å². The molecule has 0 aliphatic heterocycles. The maximum absolute atomic E-state index is 11.2. The monoisotopic (exact) mass is 186 g/mol. The second-order valence-electron chi connectivity index (χ2n) is 3.84. The predicted octanol–water partition coefficient (Wildman–Crippen LogP) is 1.28. The van der Waals surface area contributed by atoms with E-state index in [1.165, 1.54) is 0 Å². The van der Waals surface area contributed by atoms with Crippen molar-refractivity contribution in [2.75, 3.05) is 6.54 Å². The van der Waals surface area contributed by atoms with E-state index in [-0.39, 0.29) is 11.9 Å². The minimum Gasteiger partial charge on any atom is -0.355 e. The summed E-state index contributed by atoms with van der Waals surface area (Å²) in [5.74, 6) is 0.683. The Bertz CT molecular complexity index is 146. The summed E-state index contributed by atoms with van der Waals surface area (Å²) in [6.45, 7) is 7.03. The highest BCUT2D eigenvalue weighted by atomic mass is 16.2. The van der Waals surface area contributed by atoms with E-state index in [2.05, 4.69) is 19.2 Å². The van der Waals surface area contributed by atoms with Crippen LogP contribution in [-0.2, 0) is 4.79 Å². The molecule has 1 amide bonds. The molecule has 0 rings (SSSR count). The van der Waals surface area contributed by atoms with Gasteiger partial charge in [0, 0.05) is 6.54 Å². The number of carbonyl (C=O) groups is 1. The second-order valence-corrected chi connectivity index (χ2v) is 3.84. The molecular weight excluding hydrogens is 164 g/mol. The normalized spacial score (nSPS) is 13.0. The molecule has 0 aliphatic carbocycles. The highest BCUT2D eigenvalue weighted by Crippen LogP contribution is 2.01. The Kier molecular flexibility index (Phi) is 6.59. The zero-order valence-corrected chi connectivity index (χ0v) is 8.97. The van der Waals surface area contributed by atoms with Crippen LogP contribution in [0.4, 0.5) is 0 Å². The summed E-state index contributed by atoms with van der Waals surface area (Å²) >= 11 is 0. The molecule has 3 nitrogen and oxygen atoms in total. The van der Waals surface area contributed by atoms with Gasteiger partial charge in [0.05, 0.1) is 6.04 Å². The van der Waals surface area contributed by atoms with Crippen LogP contribution in [0, 0.1) is 5.92 Å². The van der Waals surface area contributed by atoms with Crippen LogP contribution in [0.3, 0.4) is 0 Å². The van der Waals surface area contributed by atoms with Crippen LogP contribution in [0.15, 0.2) is 0 Å². The zero-order chi connectivity index (χ0) is 10.3. The molecule has 1 atom stereocenters. The van der Waals surface area contributed by atoms with E-state index in [4.69, 9.17) is 5.73 Å². The maximum Gasteiger partial charge on any atom is 0.236 e. The Labute approximate surface area is 81.1 Å². The molecule has 3 N–H and O–H groups in total. The van der Waals surface area contributed by atoms with Crippen molar-refractivity contribution in [2.24, 2.45) is 11.7 Å². The van der Waals surface area contributed by atoms with Crippen LogP contribution >= 0.6 is 0 Å². The van der Waals surface area contributed by atoms with E-state index in [0.717, 1.165) is 19.4 Å². The van der Waals surface area contributed by atoms with Gasteiger partial charge in [-0.05, 0) is 25.2 Å². The molecule has 0 saturated carbocycles. The first-order chi connectivity index (χ1) is 6.07. The molecule has 0 spiro atoms. The molecule has 0 radical (unpaired) electrons. The van der Waals surface area contributed by atoms with Crippen molar-refractivity contribution in [3.63, 3.8) is 0 Å². The first kappa shape index (κ1) is 12.4. The van der Waals surface area contributed by atoms with E-state index >= 15 is 0 Å². The van der Waals surface area contributed by atoms with Crippen molar-refractivity contribution in [1.82, 2.24) is 5.32 Å². The molecule has 78 valence electrons. The average Bonchev–Trinajstić information content (AvgIpc) is 2.10. The topological polar surface area (TPSA) is 55.1 Å². The van der Waals surface area contributed by atoms with Gasteiger partial charge in [-0.2, -0.15) is 0 Å². The largest absolute Gasteiger partial charge is 0.355 e. The van der Waals surface area contributed by atoms with Crippen molar-refractivity contribution in [1.29, 1.82) is 0 Å². The Balaban J connectivity index is 3.37. The molecule has 0 fully saturated rings.